The number of allylic oxidation sites excluding steroid dienone is 1. The summed E-state index contributed by atoms with van der Waals surface area (Å²) in [7, 11) is 0. The van der Waals surface area contributed by atoms with Crippen LogP contribution in [0.1, 0.15) is 38.8 Å². The van der Waals surface area contributed by atoms with Crippen LogP contribution in [0, 0.1) is 6.92 Å². The van der Waals surface area contributed by atoms with E-state index in [-0.39, 0.29) is 0 Å². The first-order chi connectivity index (χ1) is 7.67. The maximum atomic E-state index is 4.48. The lowest BCUT2D eigenvalue weighted by molar-refractivity contribution is 0.635. The minimum atomic E-state index is 0.477. The molecule has 0 spiro atoms. The van der Waals surface area contributed by atoms with Gasteiger partial charge in [0.1, 0.15) is 0 Å². The zero-order chi connectivity index (χ0) is 12.0. The molecule has 1 N–H and O–H groups in total. The number of rotatable bonds is 7. The van der Waals surface area contributed by atoms with E-state index >= 15 is 0 Å². The SMILES string of the molecule is C=CCn1cc(C)nc1NC(C)CCCC. The first kappa shape index (κ1) is 12.8. The van der Waals surface area contributed by atoms with E-state index in [0.717, 1.165) is 18.2 Å². The predicted octanol–water partition coefficient (Wildman–Crippen LogP) is 3.37. The molecule has 1 aromatic heterocycles. The van der Waals surface area contributed by atoms with Crippen LogP contribution in [0.2, 0.25) is 0 Å². The predicted molar refractivity (Wildman–Crippen MR) is 69.8 cm³/mol. The molecule has 3 nitrogen and oxygen atoms in total. The fourth-order valence-electron chi connectivity index (χ4n) is 1.74. The summed E-state index contributed by atoms with van der Waals surface area (Å²) < 4.78 is 2.10. The smallest absolute Gasteiger partial charge is 0.203 e. The van der Waals surface area contributed by atoms with E-state index in [1.54, 1.807) is 0 Å². The number of aryl methyl sites for hydroxylation is 1. The van der Waals surface area contributed by atoms with E-state index in [9.17, 15) is 0 Å². The molecule has 0 bridgehead atoms. The highest BCUT2D eigenvalue weighted by Crippen LogP contribution is 2.12. The summed E-state index contributed by atoms with van der Waals surface area (Å²) in [6.45, 7) is 11.0. The fraction of sp³-hybridized carbons (Fsp3) is 0.615. The molecular formula is C13H23N3. The van der Waals surface area contributed by atoms with Gasteiger partial charge >= 0.3 is 0 Å². The second kappa shape index (κ2) is 6.36. The van der Waals surface area contributed by atoms with Crippen molar-refractivity contribution in [2.24, 2.45) is 0 Å². The third-order valence-corrected chi connectivity index (χ3v) is 2.59. The van der Waals surface area contributed by atoms with Gasteiger partial charge in [-0.1, -0.05) is 25.8 Å². The van der Waals surface area contributed by atoms with Crippen LogP contribution in [0.15, 0.2) is 18.9 Å². The number of hydrogen-bond acceptors (Lipinski definition) is 2. The molecule has 0 aliphatic carbocycles. The van der Waals surface area contributed by atoms with Crippen molar-refractivity contribution >= 4 is 5.95 Å². The van der Waals surface area contributed by atoms with Gasteiger partial charge in [0.2, 0.25) is 5.95 Å². The zero-order valence-electron chi connectivity index (χ0n) is 10.7. The quantitative estimate of drug-likeness (QED) is 0.715. The molecule has 3 heteroatoms. The van der Waals surface area contributed by atoms with Crippen LogP contribution in [-0.2, 0) is 6.54 Å². The average molecular weight is 221 g/mol. The van der Waals surface area contributed by atoms with E-state index in [1.807, 2.05) is 13.0 Å². The molecule has 0 saturated heterocycles. The molecule has 16 heavy (non-hydrogen) atoms. The largest absolute Gasteiger partial charge is 0.353 e. The molecule has 0 fully saturated rings. The molecule has 0 aliphatic heterocycles. The Hall–Kier alpha value is -1.25. The number of unbranched alkanes of at least 4 members (excludes halogenated alkanes) is 1. The Kier molecular flexibility index (Phi) is 5.09. The molecule has 1 atom stereocenters. The Balaban J connectivity index is 2.60. The molecule has 0 aliphatic rings. The van der Waals surface area contributed by atoms with Crippen LogP contribution >= 0.6 is 0 Å². The van der Waals surface area contributed by atoms with Crippen LogP contribution in [0.4, 0.5) is 5.95 Å². The average Bonchev–Trinajstić information content (AvgIpc) is 2.56. The van der Waals surface area contributed by atoms with Crippen molar-refractivity contribution in [2.45, 2.75) is 52.6 Å². The van der Waals surface area contributed by atoms with E-state index in [4.69, 9.17) is 0 Å². The van der Waals surface area contributed by atoms with Crippen LogP contribution in [0.5, 0.6) is 0 Å². The second-order valence-corrected chi connectivity index (χ2v) is 4.33. The second-order valence-electron chi connectivity index (χ2n) is 4.33. The highest BCUT2D eigenvalue weighted by Gasteiger charge is 2.07. The first-order valence-electron chi connectivity index (χ1n) is 6.08. The number of nitrogens with one attached hydrogen (secondary N) is 1. The van der Waals surface area contributed by atoms with Crippen molar-refractivity contribution in [3.05, 3.63) is 24.5 Å². The Morgan fingerprint density at radius 3 is 3.00 bits per heavy atom. The summed E-state index contributed by atoms with van der Waals surface area (Å²) in [5.41, 5.74) is 1.05. The molecule has 1 rings (SSSR count). The molecule has 1 aromatic rings. The van der Waals surface area contributed by atoms with Crippen molar-refractivity contribution in [1.82, 2.24) is 9.55 Å². The van der Waals surface area contributed by atoms with Gasteiger partial charge in [0.25, 0.3) is 0 Å². The third kappa shape index (κ3) is 3.72. The van der Waals surface area contributed by atoms with Gasteiger partial charge in [-0.05, 0) is 20.3 Å². The van der Waals surface area contributed by atoms with Crippen molar-refractivity contribution in [2.75, 3.05) is 5.32 Å². The summed E-state index contributed by atoms with van der Waals surface area (Å²) in [6.07, 6.45) is 7.64. The van der Waals surface area contributed by atoms with Crippen LogP contribution in [0.3, 0.4) is 0 Å². The normalized spacial score (nSPS) is 12.4. The van der Waals surface area contributed by atoms with Crippen molar-refractivity contribution in [3.63, 3.8) is 0 Å². The van der Waals surface area contributed by atoms with Crippen molar-refractivity contribution in [3.8, 4) is 0 Å². The molecule has 0 radical (unpaired) electrons. The number of imidazole rings is 1. The lowest BCUT2D eigenvalue weighted by Gasteiger charge is -2.14. The highest BCUT2D eigenvalue weighted by atomic mass is 15.2. The van der Waals surface area contributed by atoms with Crippen LogP contribution < -0.4 is 5.32 Å². The lowest BCUT2D eigenvalue weighted by atomic mass is 10.1. The van der Waals surface area contributed by atoms with Gasteiger partial charge in [-0.2, -0.15) is 0 Å². The molecule has 0 saturated carbocycles. The number of nitrogens with zero attached hydrogens (tertiary/aromatic N) is 2. The monoisotopic (exact) mass is 221 g/mol. The van der Waals surface area contributed by atoms with Gasteiger partial charge in [0, 0.05) is 18.8 Å². The molecule has 1 unspecified atom stereocenters. The molecule has 0 amide bonds. The van der Waals surface area contributed by atoms with Gasteiger partial charge in [0.05, 0.1) is 5.69 Å². The summed E-state index contributed by atoms with van der Waals surface area (Å²) >= 11 is 0. The lowest BCUT2D eigenvalue weighted by Crippen LogP contribution is -2.18. The maximum Gasteiger partial charge on any atom is 0.203 e. The molecule has 1 heterocycles. The fourth-order valence-corrected chi connectivity index (χ4v) is 1.74. The molecule has 90 valence electrons. The summed E-state index contributed by atoms with van der Waals surface area (Å²) in [6, 6.07) is 0.477. The minimum absolute atomic E-state index is 0.477. The van der Waals surface area contributed by atoms with Crippen molar-refractivity contribution < 1.29 is 0 Å². The van der Waals surface area contributed by atoms with Crippen LogP contribution in [0.25, 0.3) is 0 Å². The standard InChI is InChI=1S/C13H23N3/c1-5-7-8-11(3)14-13-15-12(4)10-16(13)9-6-2/h6,10-11H,2,5,7-9H2,1,3-4H3,(H,14,15). The van der Waals surface area contributed by atoms with Gasteiger partial charge in [-0.3, -0.25) is 0 Å². The summed E-state index contributed by atoms with van der Waals surface area (Å²) in [5.74, 6) is 0.959. The van der Waals surface area contributed by atoms with E-state index < -0.39 is 0 Å². The Morgan fingerprint density at radius 2 is 2.38 bits per heavy atom. The van der Waals surface area contributed by atoms with Gasteiger partial charge in [-0.25, -0.2) is 4.98 Å². The molecular weight excluding hydrogens is 198 g/mol. The Labute approximate surface area is 98.6 Å². The number of anilines is 1. The number of aromatic nitrogens is 2. The molecule has 0 aromatic carbocycles. The highest BCUT2D eigenvalue weighted by molar-refractivity contribution is 5.30. The van der Waals surface area contributed by atoms with E-state index in [2.05, 4.69) is 41.5 Å². The van der Waals surface area contributed by atoms with Gasteiger partial charge in [0.15, 0.2) is 0 Å². The Bertz CT molecular complexity index is 328. The maximum absolute atomic E-state index is 4.48. The summed E-state index contributed by atoms with van der Waals surface area (Å²) in [4.78, 5) is 4.48. The van der Waals surface area contributed by atoms with Gasteiger partial charge < -0.3 is 9.88 Å². The van der Waals surface area contributed by atoms with Crippen molar-refractivity contribution in [1.29, 1.82) is 0 Å². The number of hydrogen-bond donors (Lipinski definition) is 1. The summed E-state index contributed by atoms with van der Waals surface area (Å²) in [5, 5.41) is 3.46. The third-order valence-electron chi connectivity index (χ3n) is 2.59. The topological polar surface area (TPSA) is 29.9 Å². The Morgan fingerprint density at radius 1 is 1.62 bits per heavy atom. The van der Waals surface area contributed by atoms with Crippen LogP contribution in [-0.4, -0.2) is 15.6 Å². The van der Waals surface area contributed by atoms with E-state index in [0.29, 0.717) is 6.04 Å². The van der Waals surface area contributed by atoms with E-state index in [1.165, 1.54) is 19.3 Å². The zero-order valence-corrected chi connectivity index (χ0v) is 10.7. The minimum Gasteiger partial charge on any atom is -0.353 e. The van der Waals surface area contributed by atoms with Gasteiger partial charge in [-0.15, -0.1) is 6.58 Å². The first-order valence-corrected chi connectivity index (χ1v) is 6.08.